The topological polar surface area (TPSA) is 105 Å². The van der Waals surface area contributed by atoms with Crippen molar-refractivity contribution >= 4 is 16.1 Å². The van der Waals surface area contributed by atoms with E-state index in [0.717, 1.165) is 32.1 Å². The molecule has 0 bridgehead atoms. The van der Waals surface area contributed by atoms with Gasteiger partial charge in [0, 0.05) is 19.0 Å². The number of carbonyl (C=O) groups is 1. The van der Waals surface area contributed by atoms with Gasteiger partial charge in [-0.1, -0.05) is 31.4 Å². The molecule has 0 aromatic heterocycles. The van der Waals surface area contributed by atoms with Crippen LogP contribution in [-0.4, -0.2) is 43.9 Å². The third-order valence-corrected chi connectivity index (χ3v) is 6.01. The molecule has 158 valence electrons. The molecule has 1 amide bonds. The van der Waals surface area contributed by atoms with Crippen LogP contribution in [-0.2, 0) is 21.2 Å². The number of hydrogen-bond acceptors (Lipinski definition) is 5. The second-order valence-corrected chi connectivity index (χ2v) is 10.1. The van der Waals surface area contributed by atoms with Gasteiger partial charge in [-0.2, -0.15) is 0 Å². The van der Waals surface area contributed by atoms with Crippen LogP contribution in [0, 0.1) is 0 Å². The molecular weight excluding hydrogens is 380 g/mol. The molecule has 1 atom stereocenters. The lowest BCUT2D eigenvalue weighted by Gasteiger charge is -2.22. The van der Waals surface area contributed by atoms with Crippen LogP contribution < -0.4 is 10.0 Å². The smallest absolute Gasteiger partial charge is 0.407 e. The Morgan fingerprint density at radius 3 is 2.57 bits per heavy atom. The number of rotatable bonds is 7. The molecule has 2 rings (SSSR count). The Hall–Kier alpha value is -1.64. The highest BCUT2D eigenvalue weighted by Crippen LogP contribution is 2.20. The van der Waals surface area contributed by atoms with Crippen LogP contribution in [0.2, 0.25) is 0 Å². The minimum atomic E-state index is -3.59. The van der Waals surface area contributed by atoms with Crippen molar-refractivity contribution in [3.05, 3.63) is 29.8 Å². The number of alkyl carbamates (subject to hydrolysis) is 1. The number of carbonyl (C=O) groups excluding carboxylic acids is 1. The number of ether oxygens (including phenoxy) is 1. The maximum atomic E-state index is 12.6. The molecule has 8 heteroatoms. The van der Waals surface area contributed by atoms with Gasteiger partial charge in [-0.25, -0.2) is 17.9 Å². The molecule has 7 nitrogen and oxygen atoms in total. The van der Waals surface area contributed by atoms with E-state index in [9.17, 15) is 18.3 Å². The Morgan fingerprint density at radius 2 is 1.93 bits per heavy atom. The van der Waals surface area contributed by atoms with E-state index in [0.29, 0.717) is 5.56 Å². The van der Waals surface area contributed by atoms with Gasteiger partial charge in [0.1, 0.15) is 5.60 Å². The molecule has 1 aromatic rings. The van der Waals surface area contributed by atoms with E-state index in [1.807, 2.05) is 0 Å². The lowest BCUT2D eigenvalue weighted by molar-refractivity contribution is 0.0492. The standard InChI is InChI=1S/C20H32N2O5S/c1-20(2,3)27-19(24)21-14-17(23)12-15-8-7-11-18(13-15)28(25,26)22-16-9-5-4-6-10-16/h7-8,11,13,16-17,22-23H,4-6,9-10,12,14H2,1-3H3,(H,21,24). The summed E-state index contributed by atoms with van der Waals surface area (Å²) in [5.74, 6) is 0. The monoisotopic (exact) mass is 412 g/mol. The maximum absolute atomic E-state index is 12.6. The first-order chi connectivity index (χ1) is 13.0. The molecule has 1 aromatic carbocycles. The number of hydrogen-bond donors (Lipinski definition) is 3. The van der Waals surface area contributed by atoms with Gasteiger partial charge in [0.2, 0.25) is 10.0 Å². The molecule has 1 fully saturated rings. The summed E-state index contributed by atoms with van der Waals surface area (Å²) in [6.07, 6.45) is 3.76. The fourth-order valence-corrected chi connectivity index (χ4v) is 4.58. The predicted molar refractivity (Wildman–Crippen MR) is 108 cm³/mol. The summed E-state index contributed by atoms with van der Waals surface area (Å²) < 4.78 is 33.2. The summed E-state index contributed by atoms with van der Waals surface area (Å²) in [7, 11) is -3.59. The van der Waals surface area contributed by atoms with E-state index in [1.165, 1.54) is 0 Å². The Bertz CT molecular complexity index is 752. The quantitative estimate of drug-likeness (QED) is 0.639. The van der Waals surface area contributed by atoms with Crippen molar-refractivity contribution < 1.29 is 23.1 Å². The van der Waals surface area contributed by atoms with Gasteiger partial charge in [0.25, 0.3) is 0 Å². The molecule has 0 saturated heterocycles. The van der Waals surface area contributed by atoms with Crippen molar-refractivity contribution in [2.75, 3.05) is 6.54 Å². The van der Waals surface area contributed by atoms with Crippen LogP contribution in [0.1, 0.15) is 58.4 Å². The zero-order valence-electron chi connectivity index (χ0n) is 16.9. The van der Waals surface area contributed by atoms with Crippen molar-refractivity contribution in [2.45, 2.75) is 81.9 Å². The number of aliphatic hydroxyl groups excluding tert-OH is 1. The molecule has 1 saturated carbocycles. The summed E-state index contributed by atoms with van der Waals surface area (Å²) >= 11 is 0. The Balaban J connectivity index is 1.92. The van der Waals surface area contributed by atoms with E-state index in [2.05, 4.69) is 10.0 Å². The fraction of sp³-hybridized carbons (Fsp3) is 0.650. The van der Waals surface area contributed by atoms with Crippen LogP contribution >= 0.6 is 0 Å². The average molecular weight is 413 g/mol. The lowest BCUT2D eigenvalue weighted by atomic mass is 9.96. The highest BCUT2D eigenvalue weighted by atomic mass is 32.2. The van der Waals surface area contributed by atoms with Crippen molar-refractivity contribution in [3.63, 3.8) is 0 Å². The van der Waals surface area contributed by atoms with E-state index >= 15 is 0 Å². The van der Waals surface area contributed by atoms with Crippen molar-refractivity contribution in [2.24, 2.45) is 0 Å². The lowest BCUT2D eigenvalue weighted by Crippen LogP contribution is -2.37. The number of sulfonamides is 1. The van der Waals surface area contributed by atoms with E-state index in [4.69, 9.17) is 4.74 Å². The van der Waals surface area contributed by atoms with E-state index < -0.39 is 27.8 Å². The van der Waals surface area contributed by atoms with Crippen molar-refractivity contribution in [1.82, 2.24) is 10.0 Å². The second-order valence-electron chi connectivity index (χ2n) is 8.34. The molecule has 1 unspecified atom stereocenters. The predicted octanol–water partition coefficient (Wildman–Crippen LogP) is 2.73. The van der Waals surface area contributed by atoms with Crippen molar-refractivity contribution in [3.8, 4) is 0 Å². The van der Waals surface area contributed by atoms with Crippen LogP contribution in [0.3, 0.4) is 0 Å². The molecule has 0 heterocycles. The number of nitrogens with one attached hydrogen (secondary N) is 2. The molecule has 1 aliphatic carbocycles. The van der Waals surface area contributed by atoms with Crippen LogP contribution in [0.25, 0.3) is 0 Å². The summed E-state index contributed by atoms with van der Waals surface area (Å²) in [6, 6.07) is 6.54. The first-order valence-electron chi connectivity index (χ1n) is 9.81. The SMILES string of the molecule is CC(C)(C)OC(=O)NCC(O)Cc1cccc(S(=O)(=O)NC2CCCCC2)c1. The number of benzene rings is 1. The minimum absolute atomic E-state index is 0.00831. The zero-order chi connectivity index (χ0) is 20.8. The molecule has 0 spiro atoms. The Kier molecular flexibility index (Phi) is 7.86. The molecule has 0 aliphatic heterocycles. The first-order valence-corrected chi connectivity index (χ1v) is 11.3. The summed E-state index contributed by atoms with van der Waals surface area (Å²) in [5.41, 5.74) is 0.0771. The van der Waals surface area contributed by atoms with Gasteiger partial charge in [-0.05, 0) is 51.3 Å². The van der Waals surface area contributed by atoms with E-state index in [1.54, 1.807) is 45.0 Å². The molecule has 0 radical (unpaired) electrons. The summed E-state index contributed by atoms with van der Waals surface area (Å²) in [4.78, 5) is 11.9. The zero-order valence-corrected chi connectivity index (χ0v) is 17.7. The third-order valence-electron chi connectivity index (χ3n) is 4.49. The van der Waals surface area contributed by atoms with Crippen LogP contribution in [0.5, 0.6) is 0 Å². The van der Waals surface area contributed by atoms with Crippen molar-refractivity contribution in [1.29, 1.82) is 0 Å². The van der Waals surface area contributed by atoms with Crippen LogP contribution in [0.4, 0.5) is 4.79 Å². The minimum Gasteiger partial charge on any atom is -0.444 e. The highest BCUT2D eigenvalue weighted by Gasteiger charge is 2.22. The van der Waals surface area contributed by atoms with Gasteiger partial charge in [-0.15, -0.1) is 0 Å². The fourth-order valence-electron chi connectivity index (χ4n) is 3.21. The number of amides is 1. The second kappa shape index (κ2) is 9.71. The Labute approximate surface area is 167 Å². The average Bonchev–Trinajstić information content (AvgIpc) is 2.59. The Morgan fingerprint density at radius 1 is 1.25 bits per heavy atom. The molecular formula is C20H32N2O5S. The van der Waals surface area contributed by atoms with Crippen LogP contribution in [0.15, 0.2) is 29.2 Å². The first kappa shape index (κ1) is 22.6. The molecule has 28 heavy (non-hydrogen) atoms. The highest BCUT2D eigenvalue weighted by molar-refractivity contribution is 7.89. The number of aliphatic hydroxyl groups is 1. The van der Waals surface area contributed by atoms with Gasteiger partial charge in [-0.3, -0.25) is 0 Å². The molecule has 1 aliphatic rings. The molecule has 3 N–H and O–H groups in total. The summed E-state index contributed by atoms with van der Waals surface area (Å²) in [6.45, 7) is 5.30. The van der Waals surface area contributed by atoms with Gasteiger partial charge >= 0.3 is 6.09 Å². The van der Waals surface area contributed by atoms with Gasteiger partial charge in [0.15, 0.2) is 0 Å². The maximum Gasteiger partial charge on any atom is 0.407 e. The normalized spacial score (nSPS) is 17.1. The largest absolute Gasteiger partial charge is 0.444 e. The van der Waals surface area contributed by atoms with Gasteiger partial charge in [0.05, 0.1) is 11.0 Å². The summed E-state index contributed by atoms with van der Waals surface area (Å²) in [5, 5.41) is 12.7. The van der Waals surface area contributed by atoms with Gasteiger partial charge < -0.3 is 15.2 Å². The van der Waals surface area contributed by atoms with E-state index in [-0.39, 0.29) is 23.9 Å². The third kappa shape index (κ3) is 7.77.